The molecule has 1 aromatic heterocycles. The van der Waals surface area contributed by atoms with Crippen molar-refractivity contribution in [2.45, 2.75) is 19.4 Å². The van der Waals surface area contributed by atoms with Crippen LogP contribution in [0.3, 0.4) is 0 Å². The number of aromatic nitrogens is 3. The molecule has 0 aliphatic carbocycles. The van der Waals surface area contributed by atoms with Gasteiger partial charge in [-0.15, -0.1) is 0 Å². The molecule has 96 valence electrons. The van der Waals surface area contributed by atoms with Crippen LogP contribution in [0.15, 0.2) is 29.1 Å². The number of nitrogens with zero attached hydrogens (tertiary/aromatic N) is 1. The van der Waals surface area contributed by atoms with Gasteiger partial charge >= 0.3 is 5.69 Å². The third-order valence-electron chi connectivity index (χ3n) is 2.67. The number of anilines is 1. The Balaban J connectivity index is 1.96. The molecule has 0 fully saturated rings. The van der Waals surface area contributed by atoms with Crippen LogP contribution in [-0.4, -0.2) is 26.8 Å². The lowest BCUT2D eigenvalue weighted by Crippen LogP contribution is -2.14. The molecule has 0 bridgehead atoms. The van der Waals surface area contributed by atoms with Gasteiger partial charge in [-0.25, -0.2) is 9.89 Å². The second-order valence-electron chi connectivity index (χ2n) is 4.01. The number of hydrogen-bond acceptors (Lipinski definition) is 4. The second kappa shape index (κ2) is 5.50. The third kappa shape index (κ3) is 2.98. The van der Waals surface area contributed by atoms with Gasteiger partial charge in [0.25, 0.3) is 0 Å². The Morgan fingerprint density at radius 2 is 2.33 bits per heavy atom. The summed E-state index contributed by atoms with van der Waals surface area (Å²) >= 11 is 0. The molecule has 2 rings (SSSR count). The molecule has 6 nitrogen and oxygen atoms in total. The van der Waals surface area contributed by atoms with Crippen LogP contribution in [-0.2, 0) is 6.42 Å². The minimum Gasteiger partial charge on any atom is -0.383 e. The molecule has 0 spiro atoms. The first-order chi connectivity index (χ1) is 8.69. The minimum absolute atomic E-state index is 0.235. The maximum atomic E-state index is 10.8. The predicted molar refractivity (Wildman–Crippen MR) is 68.5 cm³/mol. The molecule has 0 saturated carbocycles. The molecule has 0 aliphatic rings. The van der Waals surface area contributed by atoms with Gasteiger partial charge in [0, 0.05) is 12.2 Å². The van der Waals surface area contributed by atoms with Gasteiger partial charge in [-0.2, -0.15) is 5.10 Å². The average molecular weight is 248 g/mol. The lowest BCUT2D eigenvalue weighted by molar-refractivity contribution is 0.182. The van der Waals surface area contributed by atoms with Crippen molar-refractivity contribution in [2.24, 2.45) is 0 Å². The number of aliphatic hydroxyl groups excluding tert-OH is 1. The van der Waals surface area contributed by atoms with E-state index in [1.807, 2.05) is 24.3 Å². The van der Waals surface area contributed by atoms with Crippen LogP contribution in [0, 0.1) is 0 Å². The summed E-state index contributed by atoms with van der Waals surface area (Å²) < 4.78 is 0. The van der Waals surface area contributed by atoms with E-state index in [1.54, 1.807) is 0 Å². The predicted octanol–water partition coefficient (Wildman–Crippen LogP) is 0.806. The Bertz CT molecular complexity index is 561. The highest BCUT2D eigenvalue weighted by Gasteiger charge is 2.11. The summed E-state index contributed by atoms with van der Waals surface area (Å²) in [5.41, 5.74) is 1.74. The molecule has 0 saturated heterocycles. The first-order valence-electron chi connectivity index (χ1n) is 5.84. The first-order valence-corrected chi connectivity index (χ1v) is 5.84. The zero-order chi connectivity index (χ0) is 13.0. The summed E-state index contributed by atoms with van der Waals surface area (Å²) in [7, 11) is 0. The van der Waals surface area contributed by atoms with Crippen molar-refractivity contribution >= 4 is 5.69 Å². The number of aromatic amines is 2. The molecular formula is C12H16N4O2. The molecular weight excluding hydrogens is 232 g/mol. The maximum absolute atomic E-state index is 10.8. The van der Waals surface area contributed by atoms with Crippen LogP contribution < -0.4 is 11.0 Å². The van der Waals surface area contributed by atoms with E-state index in [9.17, 15) is 9.90 Å². The molecule has 1 aromatic carbocycles. The summed E-state index contributed by atoms with van der Waals surface area (Å²) in [5, 5.41) is 18.8. The van der Waals surface area contributed by atoms with Crippen molar-refractivity contribution in [2.75, 3.05) is 11.9 Å². The zero-order valence-corrected chi connectivity index (χ0v) is 10.1. The van der Waals surface area contributed by atoms with Crippen LogP contribution in [0.2, 0.25) is 0 Å². The van der Waals surface area contributed by atoms with E-state index >= 15 is 0 Å². The van der Waals surface area contributed by atoms with Gasteiger partial charge in [0.15, 0.2) is 5.82 Å². The van der Waals surface area contributed by atoms with Crippen LogP contribution in [0.4, 0.5) is 5.69 Å². The molecule has 4 N–H and O–H groups in total. The van der Waals surface area contributed by atoms with Crippen molar-refractivity contribution in [3.63, 3.8) is 0 Å². The molecule has 0 aliphatic heterocycles. The van der Waals surface area contributed by atoms with E-state index in [0.29, 0.717) is 0 Å². The zero-order valence-electron chi connectivity index (χ0n) is 10.1. The number of rotatable bonds is 5. The number of hydrogen-bond donors (Lipinski definition) is 4. The van der Waals surface area contributed by atoms with E-state index in [-0.39, 0.29) is 12.4 Å². The van der Waals surface area contributed by atoms with Crippen molar-refractivity contribution in [1.29, 1.82) is 0 Å². The fourth-order valence-electron chi connectivity index (χ4n) is 1.65. The first kappa shape index (κ1) is 12.4. The summed E-state index contributed by atoms with van der Waals surface area (Å²) in [6.07, 6.45) is 0.110. The van der Waals surface area contributed by atoms with E-state index in [0.717, 1.165) is 12.1 Å². The van der Waals surface area contributed by atoms with E-state index < -0.39 is 11.8 Å². The maximum Gasteiger partial charge on any atom is 0.340 e. The van der Waals surface area contributed by atoms with Gasteiger partial charge < -0.3 is 10.4 Å². The Hall–Kier alpha value is -2.08. The average Bonchev–Trinajstić information content (AvgIpc) is 2.83. The second-order valence-corrected chi connectivity index (χ2v) is 4.01. The number of H-pyrrole nitrogens is 2. The molecule has 1 unspecified atom stereocenters. The Morgan fingerprint density at radius 3 is 3.00 bits per heavy atom. The molecule has 18 heavy (non-hydrogen) atoms. The normalized spacial score (nSPS) is 12.3. The number of benzene rings is 1. The topological polar surface area (TPSA) is 93.8 Å². The molecule has 1 heterocycles. The standard InChI is InChI=1S/C12H16N4O2/c1-2-8-4-3-5-9(6-8)13-7-10(17)11-14-12(18)16-15-11/h3-6,10,13,17H,2,7H2,1H3,(H2,14,15,16,18). The van der Waals surface area contributed by atoms with Gasteiger partial charge in [-0.3, -0.25) is 4.98 Å². The Kier molecular flexibility index (Phi) is 3.78. The van der Waals surface area contributed by atoms with E-state index in [1.165, 1.54) is 5.56 Å². The highest BCUT2D eigenvalue weighted by molar-refractivity contribution is 5.45. The molecule has 1 atom stereocenters. The highest BCUT2D eigenvalue weighted by atomic mass is 16.3. The molecule has 0 radical (unpaired) electrons. The molecule has 0 amide bonds. The van der Waals surface area contributed by atoms with Crippen molar-refractivity contribution in [1.82, 2.24) is 15.2 Å². The summed E-state index contributed by atoms with van der Waals surface area (Å²) in [6.45, 7) is 2.37. The minimum atomic E-state index is -0.853. The smallest absolute Gasteiger partial charge is 0.340 e. The van der Waals surface area contributed by atoms with E-state index in [2.05, 4.69) is 27.4 Å². The van der Waals surface area contributed by atoms with Crippen LogP contribution in [0.25, 0.3) is 0 Å². The van der Waals surface area contributed by atoms with E-state index in [4.69, 9.17) is 0 Å². The fourth-order valence-corrected chi connectivity index (χ4v) is 1.65. The number of aliphatic hydroxyl groups is 1. The number of aryl methyl sites for hydroxylation is 1. The lowest BCUT2D eigenvalue weighted by Gasteiger charge is -2.11. The van der Waals surface area contributed by atoms with Gasteiger partial charge in [0.05, 0.1) is 0 Å². The third-order valence-corrected chi connectivity index (χ3v) is 2.67. The monoisotopic (exact) mass is 248 g/mol. The van der Waals surface area contributed by atoms with Gasteiger partial charge in [0.1, 0.15) is 6.10 Å². The summed E-state index contributed by atoms with van der Waals surface area (Å²) in [4.78, 5) is 13.3. The highest BCUT2D eigenvalue weighted by Crippen LogP contribution is 2.13. The van der Waals surface area contributed by atoms with Gasteiger partial charge in [-0.05, 0) is 24.1 Å². The SMILES string of the molecule is CCc1cccc(NCC(O)c2n[nH]c(=O)[nH]2)c1. The fraction of sp³-hybridized carbons (Fsp3) is 0.333. The van der Waals surface area contributed by atoms with Crippen LogP contribution in [0.1, 0.15) is 24.4 Å². The van der Waals surface area contributed by atoms with Gasteiger partial charge in [-0.1, -0.05) is 19.1 Å². The van der Waals surface area contributed by atoms with Gasteiger partial charge in [0.2, 0.25) is 0 Å². The Labute approximate surface area is 104 Å². The lowest BCUT2D eigenvalue weighted by atomic mass is 10.1. The molecule has 2 aromatic rings. The van der Waals surface area contributed by atoms with Crippen LogP contribution in [0.5, 0.6) is 0 Å². The molecule has 6 heteroatoms. The summed E-state index contributed by atoms with van der Waals surface area (Å²) in [5.74, 6) is 0.235. The number of nitrogens with one attached hydrogen (secondary N) is 3. The van der Waals surface area contributed by atoms with Crippen molar-refractivity contribution < 1.29 is 5.11 Å². The quantitative estimate of drug-likeness (QED) is 0.629. The van der Waals surface area contributed by atoms with Crippen molar-refractivity contribution in [3.8, 4) is 0 Å². The Morgan fingerprint density at radius 1 is 1.50 bits per heavy atom. The largest absolute Gasteiger partial charge is 0.383 e. The summed E-state index contributed by atoms with van der Waals surface area (Å²) in [6, 6.07) is 7.97. The van der Waals surface area contributed by atoms with Crippen molar-refractivity contribution in [3.05, 3.63) is 46.1 Å². The van der Waals surface area contributed by atoms with Crippen LogP contribution >= 0.6 is 0 Å².